The molecule has 138 heavy (non-hydrogen) atoms. The van der Waals surface area contributed by atoms with Gasteiger partial charge in [0.1, 0.15) is 62.8 Å². The predicted octanol–water partition coefficient (Wildman–Crippen LogP) is 21.3. The maximum absolute atomic E-state index is 5.12. The van der Waals surface area contributed by atoms with Gasteiger partial charge < -0.3 is 18.0 Å². The summed E-state index contributed by atoms with van der Waals surface area (Å²) in [5.41, 5.74) is 2.22. The van der Waals surface area contributed by atoms with Crippen LogP contribution in [-0.4, -0.2) is 212 Å². The Labute approximate surface area is 833 Å². The van der Waals surface area contributed by atoms with Gasteiger partial charge in [0.25, 0.3) is 0 Å². The Balaban J connectivity index is -0.000000693. The number of hydrogen-bond acceptors (Lipinski definition) is 40. The van der Waals surface area contributed by atoms with Crippen molar-refractivity contribution in [3.8, 4) is 0 Å². The van der Waals surface area contributed by atoms with E-state index in [0.29, 0.717) is 119 Å². The Kier molecular flexibility index (Phi) is 74.2. The van der Waals surface area contributed by atoms with Crippen LogP contribution < -0.4 is 0 Å². The van der Waals surface area contributed by atoms with Crippen LogP contribution in [-0.2, 0) is 14.1 Å². The van der Waals surface area contributed by atoms with Gasteiger partial charge in [0.15, 0.2) is 29.1 Å². The van der Waals surface area contributed by atoms with E-state index in [1.165, 1.54) is 33.6 Å². The second-order valence-corrected chi connectivity index (χ2v) is 36.3. The van der Waals surface area contributed by atoms with Crippen molar-refractivity contribution in [1.82, 2.24) is 200 Å². The Morgan fingerprint density at radius 2 is 1.01 bits per heavy atom. The summed E-state index contributed by atoms with van der Waals surface area (Å²) < 4.78 is 32.0. The van der Waals surface area contributed by atoms with E-state index in [0.717, 1.165) is 72.9 Å². The van der Waals surface area contributed by atoms with Crippen LogP contribution in [0.15, 0.2) is 67.6 Å². The minimum Gasteiger partial charge on any atom is -0.425 e. The Bertz CT molecular complexity index is 4370. The number of aryl methyl sites for hydroxylation is 10. The summed E-state index contributed by atoms with van der Waals surface area (Å²) in [7, 11) is 3.61. The summed E-state index contributed by atoms with van der Waals surface area (Å²) in [4.78, 5) is 23.4. The van der Waals surface area contributed by atoms with E-state index >= 15 is 0 Å². The van der Waals surface area contributed by atoms with Gasteiger partial charge in [-0.05, 0) is 177 Å². The molecule has 1 aliphatic rings. The number of rotatable bonds is 15. The summed E-state index contributed by atoms with van der Waals surface area (Å²) in [5, 5.41) is 109. The highest BCUT2D eigenvalue weighted by Crippen LogP contribution is 2.20. The summed E-state index contributed by atoms with van der Waals surface area (Å²) >= 11 is 4.64. The standard InChI is InChI=1S/3C6H10N2O.3C6H10N2S.C6H10N2.4C5H10N4.4C5H9N3.4C2H6/c1-4(2)6-8-7-5(3)9-6;1-4(2)6-7-5(3)9-8-6;1-4(2)6-7-5(3)8-9-6;1-4(2)6-8-7-5(3)9-6;1-4(2)6-7-5(3)9-8-6;1-4(2)6-7-5(3)8-9-6;1-5(2)6-3-4-7-8-6;1-4(2)5-6-7-8-9(5)3;1-4(2)5-6-8-9(3)7-5;1-4(2)9-5(3)6-7-8-9;1-4(2)9-7-5(3)6-8-9;1-5(2)8-3-6-7-4-8;1-5(2)8-4-6-3-7-8;1-5(2)8-4-3-6-7-8;1-4(2)5-3-6-8-7-5;4*1-2/h6*4H,1-3H3;4-5H,3H2,1-2H3;4*4H,1-3H3;3*3-5H,1-2H3;3-4H,1-2H3,(H,6,7,8);4*1-2H3. The molecule has 48 heteroatoms. The van der Waals surface area contributed by atoms with E-state index in [1.807, 2.05) is 204 Å². The van der Waals surface area contributed by atoms with Gasteiger partial charge in [-0.15, -0.1) is 77.6 Å². The molecule has 1 aliphatic heterocycles. The fourth-order valence-electron chi connectivity index (χ4n) is 8.35. The molecule has 0 aromatic carbocycles. The van der Waals surface area contributed by atoms with Crippen LogP contribution in [0.5, 0.6) is 0 Å². The van der Waals surface area contributed by atoms with E-state index in [9.17, 15) is 0 Å². The first-order valence-corrected chi connectivity index (χ1v) is 49.7. The van der Waals surface area contributed by atoms with Crippen LogP contribution in [0.3, 0.4) is 0 Å². The van der Waals surface area contributed by atoms with Gasteiger partial charge in [-0.25, -0.2) is 24.3 Å². The van der Waals surface area contributed by atoms with E-state index < -0.39 is 0 Å². The largest absolute Gasteiger partial charge is 0.425 e. The molecule has 0 bridgehead atoms. The van der Waals surface area contributed by atoms with Crippen LogP contribution in [0.1, 0.15) is 449 Å². The number of nitrogens with zero attached hydrogens (tertiary/aromatic N) is 41. The maximum Gasteiger partial charge on any atom is 0.229 e. The van der Waals surface area contributed by atoms with Crippen LogP contribution in [0, 0.1) is 61.3 Å². The molecule has 0 unspecified atom stereocenters. The number of aromatic nitrogens is 40. The van der Waals surface area contributed by atoms with Crippen LogP contribution in [0.2, 0.25) is 0 Å². The molecular formula is C90H170N42O3S3. The third kappa shape index (κ3) is 61.5. The molecule has 14 aromatic heterocycles. The number of tetrazole rings is 4. The van der Waals surface area contributed by atoms with Gasteiger partial charge in [-0.1, -0.05) is 209 Å². The zero-order valence-corrected chi connectivity index (χ0v) is 94.7. The van der Waals surface area contributed by atoms with Crippen molar-refractivity contribution >= 4 is 46.3 Å². The molecule has 45 nitrogen and oxygen atoms in total. The normalized spacial score (nSPS) is 10.6. The predicted molar refractivity (Wildman–Crippen MR) is 550 cm³/mol. The summed E-state index contributed by atoms with van der Waals surface area (Å²) in [6.07, 6.45) is 14.8. The minimum atomic E-state index is 0.311. The fourth-order valence-corrected chi connectivity index (χ4v) is 10.3. The lowest BCUT2D eigenvalue weighted by atomic mass is 10.1. The molecule has 1 N–H and O–H groups in total. The molecular weight excluding hydrogens is 1810 g/mol. The lowest BCUT2D eigenvalue weighted by Gasteiger charge is -2.02. The minimum absolute atomic E-state index is 0.311. The molecule has 776 valence electrons. The van der Waals surface area contributed by atoms with Crippen molar-refractivity contribution in [3.05, 3.63) is 140 Å². The SMILES string of the molecule is CC.CC.CC.CC.CC(C)C1=NN=CC1.CC(C)c1cn[nH]n1.CC(C)c1nnn(C)n1.CC(C)c1nnnn1C.CC(C)n1ccnn1.CC(C)n1cncn1.CC(C)n1cnnc1.Cc1nc(C(C)C)no1.Cc1nc(C(C)C)ns1.Cc1nnc(C(C)C)o1.Cc1nnc(C(C)C)s1.Cc1nnn(C(C)C)n1.Cc1nnnn1C(C)C.Cc1noc(C(C)C)n1.Cc1nsc(C(C)C)n1. The molecule has 0 fully saturated rings. The van der Waals surface area contributed by atoms with Crippen molar-refractivity contribution in [2.45, 2.75) is 408 Å². The zero-order valence-electron chi connectivity index (χ0n) is 92.3. The zero-order chi connectivity index (χ0) is 106. The van der Waals surface area contributed by atoms with Gasteiger partial charge in [-0.3, -0.25) is 9.36 Å². The van der Waals surface area contributed by atoms with Gasteiger partial charge in [0.2, 0.25) is 23.6 Å². The van der Waals surface area contributed by atoms with Crippen molar-refractivity contribution in [2.75, 3.05) is 0 Å². The highest BCUT2D eigenvalue weighted by Gasteiger charge is 2.13. The topological polar surface area (TPSA) is 527 Å². The highest BCUT2D eigenvalue weighted by atomic mass is 32.1. The summed E-state index contributed by atoms with van der Waals surface area (Å²) in [6.45, 7) is 93.0. The Morgan fingerprint density at radius 1 is 0.420 bits per heavy atom. The fraction of sp³-hybridized carbons (Fsp3) is 0.711. The van der Waals surface area contributed by atoms with Crippen LogP contribution in [0.25, 0.3) is 0 Å². The number of nitrogens with one attached hydrogen (secondary N) is 1. The smallest absolute Gasteiger partial charge is 0.229 e. The second-order valence-electron chi connectivity index (χ2n) is 33.3. The second kappa shape index (κ2) is 77.2. The third-order valence-corrected chi connectivity index (χ3v) is 18.7. The van der Waals surface area contributed by atoms with Gasteiger partial charge in [0.05, 0.1) is 37.2 Å². The Morgan fingerprint density at radius 3 is 1.23 bits per heavy atom. The molecule has 0 aliphatic carbocycles. The van der Waals surface area contributed by atoms with E-state index in [4.69, 9.17) is 13.5 Å². The average molecular weight is 1980 g/mol. The van der Waals surface area contributed by atoms with Crippen molar-refractivity contribution < 1.29 is 13.5 Å². The highest BCUT2D eigenvalue weighted by molar-refractivity contribution is 7.11. The molecule has 0 spiro atoms. The average Bonchev–Trinajstić information content (AvgIpc) is 1.76. The molecule has 14 aromatic rings. The summed E-state index contributed by atoms with van der Waals surface area (Å²) in [5.74, 6) is 13.8. The maximum atomic E-state index is 5.12. The molecule has 0 saturated heterocycles. The van der Waals surface area contributed by atoms with Crippen LogP contribution >= 0.6 is 34.4 Å². The molecule has 15 heterocycles. The number of aromatic amines is 1. The molecule has 0 amide bonds. The lowest BCUT2D eigenvalue weighted by molar-refractivity contribution is 0.362. The monoisotopic (exact) mass is 1980 g/mol. The van der Waals surface area contributed by atoms with Gasteiger partial charge in [0, 0.05) is 111 Å². The molecule has 15 rings (SSSR count). The first-order valence-electron chi connectivity index (χ1n) is 47.3. The molecule has 0 radical (unpaired) electrons. The first kappa shape index (κ1) is 133. The van der Waals surface area contributed by atoms with Crippen molar-refractivity contribution in [3.63, 3.8) is 0 Å². The lowest BCUT2D eigenvalue weighted by Crippen LogP contribution is -2.04. The van der Waals surface area contributed by atoms with Gasteiger partial charge in [-0.2, -0.15) is 59.0 Å². The Hall–Kier alpha value is -11.7. The van der Waals surface area contributed by atoms with E-state index in [1.54, 1.807) is 93.5 Å². The van der Waals surface area contributed by atoms with Crippen molar-refractivity contribution in [2.24, 2.45) is 30.2 Å². The summed E-state index contributed by atoms with van der Waals surface area (Å²) in [6, 6.07) is 2.01. The van der Waals surface area contributed by atoms with Crippen molar-refractivity contribution in [1.29, 1.82) is 0 Å². The van der Waals surface area contributed by atoms with E-state index in [-0.39, 0.29) is 0 Å². The van der Waals surface area contributed by atoms with Crippen LogP contribution in [0.4, 0.5) is 0 Å². The quantitative estimate of drug-likeness (QED) is 0.0996. The number of H-pyrrole nitrogens is 1. The molecule has 0 atom stereocenters. The third-order valence-electron chi connectivity index (χ3n) is 15.8. The van der Waals surface area contributed by atoms with Gasteiger partial charge >= 0.3 is 0 Å². The van der Waals surface area contributed by atoms with E-state index in [2.05, 4.69) is 302 Å². The first-order chi connectivity index (χ1) is 65.0. The number of hydrogen-bond donors (Lipinski definition) is 1. The molecule has 0 saturated carbocycles.